The second-order valence-corrected chi connectivity index (χ2v) is 6.70. The van der Waals surface area contributed by atoms with Crippen LogP contribution in [0.15, 0.2) is 42.5 Å². The molecule has 0 atom stereocenters. The number of anilines is 2. The highest BCUT2D eigenvalue weighted by atomic mass is 16.5. The van der Waals surface area contributed by atoms with Gasteiger partial charge in [0.1, 0.15) is 5.75 Å². The zero-order valence-corrected chi connectivity index (χ0v) is 15.9. The Hall–Kier alpha value is -3.75. The number of ether oxygens (including phenoxy) is 1. The molecule has 4 rings (SSSR count). The summed E-state index contributed by atoms with van der Waals surface area (Å²) >= 11 is 0. The lowest BCUT2D eigenvalue weighted by molar-refractivity contribution is 0.0743. The van der Waals surface area contributed by atoms with Gasteiger partial charge in [-0.15, -0.1) is 0 Å². The van der Waals surface area contributed by atoms with Crippen LogP contribution in [0.5, 0.6) is 5.75 Å². The Kier molecular flexibility index (Phi) is 4.94. The Bertz CT molecular complexity index is 1060. The topological polar surface area (TPSA) is 111 Å². The van der Waals surface area contributed by atoms with Crippen LogP contribution in [0.2, 0.25) is 0 Å². The standard InChI is InChI=1S/C20H21N5O4/c1-29-20(28)23-19-21-15-7-6-13(12-16(15)22-19)24-8-10-25(11-9-24)18(27)14-4-2-3-5-17(14)26/h2-7,12,26H,8-11H2,1H3,(H2,21,22,23,28). The first-order valence-electron chi connectivity index (χ1n) is 9.22. The second kappa shape index (κ2) is 7.70. The van der Waals surface area contributed by atoms with E-state index in [0.29, 0.717) is 37.7 Å². The van der Waals surface area contributed by atoms with Gasteiger partial charge >= 0.3 is 6.09 Å². The first-order valence-corrected chi connectivity index (χ1v) is 9.22. The summed E-state index contributed by atoms with van der Waals surface area (Å²) in [5, 5.41) is 12.4. The molecular weight excluding hydrogens is 374 g/mol. The molecule has 2 heterocycles. The predicted molar refractivity (Wildman–Crippen MR) is 108 cm³/mol. The Labute approximate surface area is 166 Å². The zero-order valence-electron chi connectivity index (χ0n) is 15.9. The third kappa shape index (κ3) is 3.79. The molecule has 1 aromatic heterocycles. The molecule has 1 fully saturated rings. The van der Waals surface area contributed by atoms with E-state index in [4.69, 9.17) is 0 Å². The van der Waals surface area contributed by atoms with Gasteiger partial charge in [-0.2, -0.15) is 0 Å². The summed E-state index contributed by atoms with van der Waals surface area (Å²) in [6, 6.07) is 12.4. The summed E-state index contributed by atoms with van der Waals surface area (Å²) < 4.78 is 4.57. The van der Waals surface area contributed by atoms with E-state index in [0.717, 1.165) is 16.7 Å². The number of aromatic amines is 1. The fourth-order valence-electron chi connectivity index (χ4n) is 3.39. The Morgan fingerprint density at radius 1 is 1.14 bits per heavy atom. The number of amides is 2. The maximum absolute atomic E-state index is 12.6. The Morgan fingerprint density at radius 3 is 2.62 bits per heavy atom. The third-order valence-corrected chi connectivity index (χ3v) is 4.94. The van der Waals surface area contributed by atoms with Crippen LogP contribution in [-0.4, -0.2) is 65.3 Å². The molecule has 0 bridgehead atoms. The number of methoxy groups -OCH3 is 1. The number of aromatic hydroxyl groups is 1. The number of rotatable bonds is 3. The Balaban J connectivity index is 1.44. The number of imidazole rings is 1. The molecule has 150 valence electrons. The normalized spacial score (nSPS) is 14.1. The molecule has 3 aromatic rings. The molecule has 9 heteroatoms. The van der Waals surface area contributed by atoms with Crippen LogP contribution in [0.1, 0.15) is 10.4 Å². The van der Waals surface area contributed by atoms with E-state index in [1.165, 1.54) is 13.2 Å². The van der Waals surface area contributed by atoms with Crippen LogP contribution < -0.4 is 10.2 Å². The minimum absolute atomic E-state index is 0.000921. The van der Waals surface area contributed by atoms with E-state index < -0.39 is 6.09 Å². The summed E-state index contributed by atoms with van der Waals surface area (Å²) in [7, 11) is 1.29. The molecule has 0 spiro atoms. The molecule has 29 heavy (non-hydrogen) atoms. The van der Waals surface area contributed by atoms with Crippen molar-refractivity contribution >= 4 is 34.7 Å². The van der Waals surface area contributed by atoms with Crippen molar-refractivity contribution in [3.63, 3.8) is 0 Å². The largest absolute Gasteiger partial charge is 0.507 e. The van der Waals surface area contributed by atoms with Crippen LogP contribution in [-0.2, 0) is 4.74 Å². The minimum atomic E-state index is -0.588. The number of piperazine rings is 1. The van der Waals surface area contributed by atoms with Crippen LogP contribution in [0.4, 0.5) is 16.4 Å². The van der Waals surface area contributed by atoms with Crippen molar-refractivity contribution < 1.29 is 19.4 Å². The number of phenols is 1. The van der Waals surface area contributed by atoms with E-state index in [-0.39, 0.29) is 11.7 Å². The fourth-order valence-corrected chi connectivity index (χ4v) is 3.39. The minimum Gasteiger partial charge on any atom is -0.507 e. The van der Waals surface area contributed by atoms with E-state index in [9.17, 15) is 14.7 Å². The maximum Gasteiger partial charge on any atom is 0.413 e. The van der Waals surface area contributed by atoms with Crippen LogP contribution in [0.25, 0.3) is 11.0 Å². The number of nitrogens with zero attached hydrogens (tertiary/aromatic N) is 3. The van der Waals surface area contributed by atoms with Gasteiger partial charge in [0.05, 0.1) is 23.7 Å². The molecule has 0 unspecified atom stereocenters. The summed E-state index contributed by atoms with van der Waals surface area (Å²) in [4.78, 5) is 35.3. The van der Waals surface area contributed by atoms with E-state index in [2.05, 4.69) is 24.9 Å². The summed E-state index contributed by atoms with van der Waals surface area (Å²) in [6.07, 6.45) is -0.588. The van der Waals surface area contributed by atoms with Crippen molar-refractivity contribution in [3.8, 4) is 5.75 Å². The quantitative estimate of drug-likeness (QED) is 0.628. The average Bonchev–Trinajstić information content (AvgIpc) is 3.15. The molecule has 2 amide bonds. The molecule has 1 saturated heterocycles. The number of aromatic nitrogens is 2. The maximum atomic E-state index is 12.6. The monoisotopic (exact) mass is 395 g/mol. The molecular formula is C20H21N5O4. The highest BCUT2D eigenvalue weighted by Gasteiger charge is 2.24. The van der Waals surface area contributed by atoms with Gasteiger partial charge in [0.15, 0.2) is 0 Å². The van der Waals surface area contributed by atoms with Crippen molar-refractivity contribution in [2.45, 2.75) is 0 Å². The number of H-pyrrole nitrogens is 1. The van der Waals surface area contributed by atoms with Gasteiger partial charge in [-0.05, 0) is 30.3 Å². The smallest absolute Gasteiger partial charge is 0.413 e. The van der Waals surface area contributed by atoms with Gasteiger partial charge in [0.25, 0.3) is 5.91 Å². The summed E-state index contributed by atoms with van der Waals surface area (Å²) in [5.74, 6) is 0.161. The van der Waals surface area contributed by atoms with E-state index >= 15 is 0 Å². The van der Waals surface area contributed by atoms with Crippen LogP contribution >= 0.6 is 0 Å². The molecule has 0 saturated carbocycles. The van der Waals surface area contributed by atoms with Gasteiger partial charge in [-0.25, -0.2) is 9.78 Å². The molecule has 3 N–H and O–H groups in total. The predicted octanol–water partition coefficient (Wildman–Crippen LogP) is 2.41. The van der Waals surface area contributed by atoms with Crippen LogP contribution in [0, 0.1) is 0 Å². The fraction of sp³-hybridized carbons (Fsp3) is 0.250. The van der Waals surface area contributed by atoms with Crippen molar-refractivity contribution in [3.05, 3.63) is 48.0 Å². The average molecular weight is 395 g/mol. The van der Waals surface area contributed by atoms with Crippen molar-refractivity contribution in [1.82, 2.24) is 14.9 Å². The Morgan fingerprint density at radius 2 is 1.90 bits per heavy atom. The number of fused-ring (bicyclic) bond motifs is 1. The van der Waals surface area contributed by atoms with Gasteiger partial charge in [0.2, 0.25) is 5.95 Å². The summed E-state index contributed by atoms with van der Waals surface area (Å²) in [5.41, 5.74) is 2.85. The molecule has 9 nitrogen and oxygen atoms in total. The molecule has 1 aliphatic heterocycles. The SMILES string of the molecule is COC(=O)Nc1nc2ccc(N3CCN(C(=O)c4ccccc4O)CC3)cc2[nH]1. The lowest BCUT2D eigenvalue weighted by Crippen LogP contribution is -2.48. The first-order chi connectivity index (χ1) is 14.0. The molecule has 2 aromatic carbocycles. The highest BCUT2D eigenvalue weighted by molar-refractivity contribution is 5.97. The van der Waals surface area contributed by atoms with Gasteiger partial charge in [-0.3, -0.25) is 10.1 Å². The van der Waals surface area contributed by atoms with Gasteiger partial charge in [0, 0.05) is 31.9 Å². The number of phenolic OH excluding ortho intramolecular Hbond substituents is 1. The zero-order chi connectivity index (χ0) is 20.4. The number of benzene rings is 2. The van der Waals surface area contributed by atoms with E-state index in [1.54, 1.807) is 23.1 Å². The second-order valence-electron chi connectivity index (χ2n) is 6.70. The molecule has 0 aliphatic carbocycles. The highest BCUT2D eigenvalue weighted by Crippen LogP contribution is 2.24. The lowest BCUT2D eigenvalue weighted by atomic mass is 10.1. The number of hydrogen-bond donors (Lipinski definition) is 3. The third-order valence-electron chi connectivity index (χ3n) is 4.94. The van der Waals surface area contributed by atoms with Gasteiger partial charge in [-0.1, -0.05) is 12.1 Å². The number of hydrogen-bond acceptors (Lipinski definition) is 6. The molecule has 1 aliphatic rings. The summed E-state index contributed by atoms with van der Waals surface area (Å²) in [6.45, 7) is 2.46. The number of para-hydroxylation sites is 1. The van der Waals surface area contributed by atoms with Crippen molar-refractivity contribution in [2.75, 3.05) is 43.5 Å². The number of carbonyl (C=O) groups excluding carboxylic acids is 2. The van der Waals surface area contributed by atoms with Crippen molar-refractivity contribution in [2.24, 2.45) is 0 Å². The van der Waals surface area contributed by atoms with E-state index in [1.807, 2.05) is 18.2 Å². The number of nitrogens with one attached hydrogen (secondary N) is 2. The first kappa shape index (κ1) is 18.6. The van der Waals surface area contributed by atoms with Crippen LogP contribution in [0.3, 0.4) is 0 Å². The molecule has 0 radical (unpaired) electrons. The number of carbonyl (C=O) groups is 2. The lowest BCUT2D eigenvalue weighted by Gasteiger charge is -2.36. The van der Waals surface area contributed by atoms with Crippen molar-refractivity contribution in [1.29, 1.82) is 0 Å². The van der Waals surface area contributed by atoms with Gasteiger partial charge < -0.3 is 24.6 Å².